The van der Waals surface area contributed by atoms with Gasteiger partial charge in [0, 0.05) is 0 Å². The van der Waals surface area contributed by atoms with Crippen molar-refractivity contribution < 1.29 is 32.3 Å². The maximum Gasteiger partial charge on any atom is 0.483 e. The molecule has 4 aliphatic rings. The summed E-state index contributed by atoms with van der Waals surface area (Å²) >= 11 is 0. The third-order valence-electron chi connectivity index (χ3n) is 14.5. The first-order valence-electron chi connectivity index (χ1n) is 22.1. The molecule has 0 heterocycles. The second-order valence-electron chi connectivity index (χ2n) is 18.7. The lowest BCUT2D eigenvalue weighted by Crippen LogP contribution is -2.51. The summed E-state index contributed by atoms with van der Waals surface area (Å²) in [6.07, 6.45) is 31.9. The average molecular weight is 771 g/mol. The van der Waals surface area contributed by atoms with Crippen LogP contribution in [0.15, 0.2) is 11.6 Å². The van der Waals surface area contributed by atoms with Crippen molar-refractivity contribution in [3.05, 3.63) is 11.6 Å². The molecule has 0 aromatic heterocycles. The molecule has 3 saturated carbocycles. The standard InChI is InChI=1S/C43H80O7P2/c1-7-8-9-10-11-12-13-14-15-16-17-18-19-20-32-48-52(47,50-51(44,45)46)49-37-28-30-42(5)36(33-37)24-25-38-40-27-26-39(35(4)23-21-22-34(2)3)43(40,6)31-29-41(38)42/h24,34-35,37-41H,7-23,25-33H2,1-6H3,(H2,44,45,46)/t35-,37+,38+,39-,40+,41+,42+,43-,52?/m1/s1. The Hall–Kier alpha value is -0.0000000000000000416. The monoisotopic (exact) mass is 771 g/mol. The van der Waals surface area contributed by atoms with E-state index in [2.05, 4.69) is 47.6 Å². The van der Waals surface area contributed by atoms with E-state index in [9.17, 15) is 18.9 Å². The van der Waals surface area contributed by atoms with Crippen molar-refractivity contribution in [2.45, 2.75) is 208 Å². The zero-order chi connectivity index (χ0) is 37.8. The molecule has 0 aromatic rings. The van der Waals surface area contributed by atoms with Gasteiger partial charge in [0.25, 0.3) is 0 Å². The summed E-state index contributed by atoms with van der Waals surface area (Å²) in [7, 11) is -9.51. The SMILES string of the molecule is CCCCCCCCCCCCCCCCOP(=O)(O[C@H]1CC[C@@]2(C)C(=CC[C@H]3[C@@H]4CC[C@H]([C@H](C)CCCC(C)C)[C@@]4(C)CC[C@@H]32)C1)OP(=O)(O)O. The van der Waals surface area contributed by atoms with Crippen LogP contribution in [0.2, 0.25) is 0 Å². The fourth-order valence-electron chi connectivity index (χ4n) is 11.6. The van der Waals surface area contributed by atoms with Crippen molar-refractivity contribution in [2.24, 2.45) is 46.3 Å². The average Bonchev–Trinajstić information content (AvgIpc) is 3.43. The van der Waals surface area contributed by atoms with Gasteiger partial charge in [0.15, 0.2) is 0 Å². The van der Waals surface area contributed by atoms with Crippen LogP contribution in [0.4, 0.5) is 0 Å². The van der Waals surface area contributed by atoms with Gasteiger partial charge < -0.3 is 9.79 Å². The fraction of sp³-hybridized carbons (Fsp3) is 0.953. The summed E-state index contributed by atoms with van der Waals surface area (Å²) in [5.74, 6) is 4.57. The van der Waals surface area contributed by atoms with Gasteiger partial charge >= 0.3 is 15.6 Å². The van der Waals surface area contributed by atoms with Crippen molar-refractivity contribution >= 4 is 15.6 Å². The maximum atomic E-state index is 13.7. The molecule has 0 saturated heterocycles. The Morgan fingerprint density at radius 1 is 0.769 bits per heavy atom. The summed E-state index contributed by atoms with van der Waals surface area (Å²) in [5, 5.41) is 0. The van der Waals surface area contributed by atoms with Crippen LogP contribution in [-0.4, -0.2) is 22.5 Å². The Labute approximate surface area is 319 Å². The van der Waals surface area contributed by atoms with Crippen molar-refractivity contribution in [2.75, 3.05) is 6.61 Å². The number of hydrogen-bond donors (Lipinski definition) is 2. The van der Waals surface area contributed by atoms with Crippen LogP contribution in [0, 0.1) is 46.3 Å². The first-order chi connectivity index (χ1) is 24.7. The van der Waals surface area contributed by atoms with Crippen molar-refractivity contribution in [1.29, 1.82) is 0 Å². The highest BCUT2D eigenvalue weighted by atomic mass is 31.3. The molecule has 0 aliphatic heterocycles. The molecule has 0 bridgehead atoms. The molecule has 0 spiro atoms. The van der Waals surface area contributed by atoms with Crippen LogP contribution in [0.5, 0.6) is 0 Å². The van der Waals surface area contributed by atoms with Gasteiger partial charge in [-0.15, -0.1) is 0 Å². The van der Waals surface area contributed by atoms with Gasteiger partial charge in [-0.25, -0.2) is 9.13 Å². The third-order valence-corrected chi connectivity index (χ3v) is 17.2. The quantitative estimate of drug-likeness (QED) is 0.0541. The van der Waals surface area contributed by atoms with Gasteiger partial charge in [-0.2, -0.15) is 4.31 Å². The number of allylic oxidation sites excluding steroid dienone is 1. The first kappa shape index (κ1) is 44.7. The predicted molar refractivity (Wildman–Crippen MR) is 215 cm³/mol. The van der Waals surface area contributed by atoms with Gasteiger partial charge in [-0.3, -0.25) is 9.05 Å². The van der Waals surface area contributed by atoms with Gasteiger partial charge in [-0.05, 0) is 104 Å². The second kappa shape index (κ2) is 21.0. The van der Waals surface area contributed by atoms with Crippen LogP contribution in [0.3, 0.4) is 0 Å². The van der Waals surface area contributed by atoms with Crippen LogP contribution in [-0.2, 0) is 22.5 Å². The van der Waals surface area contributed by atoms with E-state index in [1.54, 1.807) is 0 Å². The summed E-state index contributed by atoms with van der Waals surface area (Å²) in [6.45, 7) is 14.7. The zero-order valence-electron chi connectivity index (χ0n) is 34.3. The van der Waals surface area contributed by atoms with Crippen LogP contribution in [0.25, 0.3) is 0 Å². The fourth-order valence-corrected chi connectivity index (χ4v) is 13.9. The molecule has 304 valence electrons. The molecule has 0 radical (unpaired) electrons. The summed E-state index contributed by atoms with van der Waals surface area (Å²) in [5.41, 5.74) is 1.91. The van der Waals surface area contributed by atoms with Crippen molar-refractivity contribution in [3.8, 4) is 0 Å². The normalized spacial score (nSPS) is 32.2. The van der Waals surface area contributed by atoms with Crippen LogP contribution in [0.1, 0.15) is 202 Å². The van der Waals surface area contributed by atoms with Crippen molar-refractivity contribution in [1.82, 2.24) is 0 Å². The molecule has 4 aliphatic carbocycles. The molecular weight excluding hydrogens is 690 g/mol. The molecular formula is C43H80O7P2. The lowest BCUT2D eigenvalue weighted by molar-refractivity contribution is -0.0573. The van der Waals surface area contributed by atoms with Gasteiger partial charge in [0.2, 0.25) is 0 Å². The topological polar surface area (TPSA) is 102 Å². The lowest BCUT2D eigenvalue weighted by atomic mass is 9.47. The Kier molecular flexibility index (Phi) is 18.0. The largest absolute Gasteiger partial charge is 0.483 e. The van der Waals surface area contributed by atoms with Crippen LogP contribution >= 0.6 is 15.6 Å². The molecule has 0 aromatic carbocycles. The predicted octanol–water partition coefficient (Wildman–Crippen LogP) is 14.1. The lowest BCUT2D eigenvalue weighted by Gasteiger charge is -2.58. The van der Waals surface area contributed by atoms with Crippen molar-refractivity contribution in [3.63, 3.8) is 0 Å². The Morgan fingerprint density at radius 3 is 1.98 bits per heavy atom. The second-order valence-corrected chi connectivity index (χ2v) is 21.7. The highest BCUT2D eigenvalue weighted by molar-refractivity contribution is 7.61. The number of rotatable bonds is 25. The Balaban J connectivity index is 1.22. The van der Waals surface area contributed by atoms with E-state index >= 15 is 0 Å². The number of fused-ring (bicyclic) bond motifs is 5. The summed E-state index contributed by atoms with van der Waals surface area (Å²) in [4.78, 5) is 19.2. The molecule has 9 atom stereocenters. The van der Waals surface area contributed by atoms with Gasteiger partial charge in [0.1, 0.15) is 0 Å². The molecule has 3 fully saturated rings. The van der Waals surface area contributed by atoms with Gasteiger partial charge in [-0.1, -0.05) is 156 Å². The smallest absolute Gasteiger partial charge is 0.302 e. The van der Waals surface area contributed by atoms with E-state index in [4.69, 9.17) is 13.4 Å². The number of unbranched alkanes of at least 4 members (excludes halogenated alkanes) is 13. The van der Waals surface area contributed by atoms with E-state index in [-0.39, 0.29) is 12.0 Å². The Morgan fingerprint density at radius 2 is 1.38 bits per heavy atom. The van der Waals surface area contributed by atoms with E-state index < -0.39 is 21.7 Å². The minimum Gasteiger partial charge on any atom is -0.302 e. The van der Waals surface area contributed by atoms with E-state index in [0.29, 0.717) is 30.6 Å². The molecule has 4 rings (SSSR count). The highest BCUT2D eigenvalue weighted by Crippen LogP contribution is 2.68. The molecule has 0 amide bonds. The number of phosphoric ester groups is 1. The Bertz CT molecular complexity index is 1180. The molecule has 9 heteroatoms. The van der Waals surface area contributed by atoms with Crippen LogP contribution < -0.4 is 0 Å². The number of hydrogen-bond acceptors (Lipinski definition) is 5. The highest BCUT2D eigenvalue weighted by Gasteiger charge is 2.59. The molecule has 2 N–H and O–H groups in total. The minimum absolute atomic E-state index is 0.0915. The van der Waals surface area contributed by atoms with Gasteiger partial charge in [0.05, 0.1) is 12.7 Å². The number of phosphoric acid groups is 2. The molecule has 7 nitrogen and oxygen atoms in total. The van der Waals surface area contributed by atoms with E-state index in [1.807, 2.05) is 0 Å². The zero-order valence-corrected chi connectivity index (χ0v) is 36.1. The summed E-state index contributed by atoms with van der Waals surface area (Å²) in [6, 6.07) is 0. The molecule has 52 heavy (non-hydrogen) atoms. The van der Waals surface area contributed by atoms with E-state index in [0.717, 1.165) is 55.3 Å². The summed E-state index contributed by atoms with van der Waals surface area (Å²) < 4.78 is 41.9. The first-order valence-corrected chi connectivity index (χ1v) is 25.1. The minimum atomic E-state index is -5.07. The molecule has 1 unspecified atom stereocenters. The third kappa shape index (κ3) is 12.8. The maximum absolute atomic E-state index is 13.7. The van der Waals surface area contributed by atoms with E-state index in [1.165, 1.54) is 121 Å².